The maximum absolute atomic E-state index is 12.0. The first-order valence-electron chi connectivity index (χ1n) is 7.32. The van der Waals surface area contributed by atoms with Crippen LogP contribution in [-0.4, -0.2) is 49.1 Å². The second kappa shape index (κ2) is 6.89. The summed E-state index contributed by atoms with van der Waals surface area (Å²) in [6.45, 7) is 1.12. The highest BCUT2D eigenvalue weighted by atomic mass is 16.5. The summed E-state index contributed by atoms with van der Waals surface area (Å²) in [5.74, 6) is -0.175. The lowest BCUT2D eigenvalue weighted by atomic mass is 9.95. The highest BCUT2D eigenvalue weighted by molar-refractivity contribution is 5.81. The summed E-state index contributed by atoms with van der Waals surface area (Å²) >= 11 is 0. The minimum Gasteiger partial charge on any atom is -0.468 e. The SMILES string of the molecule is COC(=O)C1CCCN1CC(=O)NC1CCCCC1. The molecular weight excluding hydrogens is 244 g/mol. The van der Waals surface area contributed by atoms with Gasteiger partial charge in [0.2, 0.25) is 5.91 Å². The Kier molecular flexibility index (Phi) is 5.19. The van der Waals surface area contributed by atoms with E-state index in [0.717, 1.165) is 32.2 Å². The van der Waals surface area contributed by atoms with Gasteiger partial charge in [-0.05, 0) is 32.2 Å². The average molecular weight is 268 g/mol. The molecule has 2 fully saturated rings. The molecule has 1 heterocycles. The molecule has 0 bridgehead atoms. The zero-order valence-corrected chi connectivity index (χ0v) is 11.7. The third kappa shape index (κ3) is 3.93. The Morgan fingerprint density at radius 3 is 2.58 bits per heavy atom. The van der Waals surface area contributed by atoms with Gasteiger partial charge in [0.15, 0.2) is 0 Å². The van der Waals surface area contributed by atoms with Crippen molar-refractivity contribution in [2.45, 2.75) is 57.0 Å². The molecule has 2 aliphatic rings. The fourth-order valence-corrected chi connectivity index (χ4v) is 3.12. The minimum atomic E-state index is -0.234. The Morgan fingerprint density at radius 2 is 1.89 bits per heavy atom. The predicted molar refractivity (Wildman–Crippen MR) is 71.6 cm³/mol. The van der Waals surface area contributed by atoms with E-state index in [1.54, 1.807) is 0 Å². The third-order valence-electron chi connectivity index (χ3n) is 4.15. The second-order valence-electron chi connectivity index (χ2n) is 5.55. The molecular formula is C14H24N2O3. The van der Waals surface area contributed by atoms with Crippen LogP contribution in [0.3, 0.4) is 0 Å². The van der Waals surface area contributed by atoms with Crippen molar-refractivity contribution >= 4 is 11.9 Å². The van der Waals surface area contributed by atoms with Gasteiger partial charge in [0.05, 0.1) is 13.7 Å². The number of rotatable bonds is 4. The van der Waals surface area contributed by atoms with Gasteiger partial charge in [-0.25, -0.2) is 0 Å². The van der Waals surface area contributed by atoms with Gasteiger partial charge < -0.3 is 10.1 Å². The van der Waals surface area contributed by atoms with E-state index in [2.05, 4.69) is 5.32 Å². The lowest BCUT2D eigenvalue weighted by Crippen LogP contribution is -2.46. The maximum Gasteiger partial charge on any atom is 0.323 e. The molecule has 0 aromatic carbocycles. The lowest BCUT2D eigenvalue weighted by Gasteiger charge is -2.26. The van der Waals surface area contributed by atoms with E-state index in [9.17, 15) is 9.59 Å². The summed E-state index contributed by atoms with van der Waals surface area (Å²) in [5, 5.41) is 3.09. The largest absolute Gasteiger partial charge is 0.468 e. The summed E-state index contributed by atoms with van der Waals surface area (Å²) < 4.78 is 4.78. The van der Waals surface area contributed by atoms with E-state index < -0.39 is 0 Å². The van der Waals surface area contributed by atoms with Crippen LogP contribution in [-0.2, 0) is 14.3 Å². The van der Waals surface area contributed by atoms with Crippen LogP contribution in [0.1, 0.15) is 44.9 Å². The first-order chi connectivity index (χ1) is 9.20. The van der Waals surface area contributed by atoms with E-state index >= 15 is 0 Å². The molecule has 5 nitrogen and oxygen atoms in total. The molecule has 0 radical (unpaired) electrons. The van der Waals surface area contributed by atoms with Gasteiger partial charge >= 0.3 is 5.97 Å². The molecule has 1 atom stereocenters. The van der Waals surface area contributed by atoms with E-state index in [4.69, 9.17) is 4.74 Å². The van der Waals surface area contributed by atoms with Crippen LogP contribution in [0.25, 0.3) is 0 Å². The highest BCUT2D eigenvalue weighted by Gasteiger charge is 2.32. The van der Waals surface area contributed by atoms with E-state index in [-0.39, 0.29) is 17.9 Å². The minimum absolute atomic E-state index is 0.0442. The van der Waals surface area contributed by atoms with Crippen LogP contribution < -0.4 is 5.32 Å². The fraction of sp³-hybridized carbons (Fsp3) is 0.857. The Balaban J connectivity index is 1.79. The van der Waals surface area contributed by atoms with Crippen molar-refractivity contribution in [2.24, 2.45) is 0 Å². The van der Waals surface area contributed by atoms with Gasteiger partial charge in [-0.3, -0.25) is 14.5 Å². The monoisotopic (exact) mass is 268 g/mol. The molecule has 1 N–H and O–H groups in total. The summed E-state index contributed by atoms with van der Waals surface area (Å²) in [6, 6.07) is 0.0996. The number of likely N-dealkylation sites (tertiary alicyclic amines) is 1. The molecule has 1 saturated carbocycles. The predicted octanol–water partition coefficient (Wildman–Crippen LogP) is 1.07. The molecule has 108 valence electrons. The van der Waals surface area contributed by atoms with Crippen LogP contribution in [0.5, 0.6) is 0 Å². The third-order valence-corrected chi connectivity index (χ3v) is 4.15. The number of carbonyl (C=O) groups excluding carboxylic acids is 2. The number of hydrogen-bond donors (Lipinski definition) is 1. The Labute approximate surface area is 114 Å². The zero-order valence-electron chi connectivity index (χ0n) is 11.7. The zero-order chi connectivity index (χ0) is 13.7. The molecule has 0 spiro atoms. The standard InChI is InChI=1S/C14H24N2O3/c1-19-14(18)12-8-5-9-16(12)10-13(17)15-11-6-3-2-4-7-11/h11-12H,2-10H2,1H3,(H,15,17). The van der Waals surface area contributed by atoms with Gasteiger partial charge in [0.1, 0.15) is 6.04 Å². The van der Waals surface area contributed by atoms with Crippen LogP contribution >= 0.6 is 0 Å². The van der Waals surface area contributed by atoms with Gasteiger partial charge in [0.25, 0.3) is 0 Å². The number of hydrogen-bond acceptors (Lipinski definition) is 4. The molecule has 1 aliphatic heterocycles. The molecule has 1 unspecified atom stereocenters. The maximum atomic E-state index is 12.0. The smallest absolute Gasteiger partial charge is 0.323 e. The van der Waals surface area contributed by atoms with E-state index in [1.807, 2.05) is 4.90 Å². The normalized spacial score (nSPS) is 25.2. The van der Waals surface area contributed by atoms with Crippen molar-refractivity contribution in [3.63, 3.8) is 0 Å². The van der Waals surface area contributed by atoms with E-state index in [1.165, 1.54) is 26.4 Å². The number of ether oxygens (including phenoxy) is 1. The Bertz CT molecular complexity index is 327. The summed E-state index contributed by atoms with van der Waals surface area (Å²) in [7, 11) is 1.40. The van der Waals surface area contributed by atoms with Crippen LogP contribution in [0.2, 0.25) is 0 Å². The van der Waals surface area contributed by atoms with Crippen molar-refractivity contribution in [1.29, 1.82) is 0 Å². The highest BCUT2D eigenvalue weighted by Crippen LogP contribution is 2.19. The number of amides is 1. The first kappa shape index (κ1) is 14.3. The molecule has 0 aromatic rings. The van der Waals surface area contributed by atoms with Crippen molar-refractivity contribution in [3.05, 3.63) is 0 Å². The number of nitrogens with one attached hydrogen (secondary N) is 1. The Morgan fingerprint density at radius 1 is 1.16 bits per heavy atom. The number of carbonyl (C=O) groups is 2. The first-order valence-corrected chi connectivity index (χ1v) is 7.32. The molecule has 19 heavy (non-hydrogen) atoms. The average Bonchev–Trinajstić information content (AvgIpc) is 2.87. The number of esters is 1. The van der Waals surface area contributed by atoms with Gasteiger partial charge in [-0.15, -0.1) is 0 Å². The molecule has 1 aliphatic carbocycles. The van der Waals surface area contributed by atoms with Crippen molar-refractivity contribution in [1.82, 2.24) is 10.2 Å². The summed E-state index contributed by atoms with van der Waals surface area (Å²) in [6.07, 6.45) is 7.63. The number of methoxy groups -OCH3 is 1. The lowest BCUT2D eigenvalue weighted by molar-refractivity contribution is -0.146. The van der Waals surface area contributed by atoms with Gasteiger partial charge in [0, 0.05) is 6.04 Å². The van der Waals surface area contributed by atoms with Crippen LogP contribution in [0, 0.1) is 0 Å². The summed E-state index contributed by atoms with van der Waals surface area (Å²) in [4.78, 5) is 25.6. The molecule has 0 aromatic heterocycles. The second-order valence-corrected chi connectivity index (χ2v) is 5.55. The van der Waals surface area contributed by atoms with E-state index in [0.29, 0.717) is 12.6 Å². The number of nitrogens with zero attached hydrogens (tertiary/aromatic N) is 1. The van der Waals surface area contributed by atoms with Crippen LogP contribution in [0.15, 0.2) is 0 Å². The van der Waals surface area contributed by atoms with Crippen LogP contribution in [0.4, 0.5) is 0 Å². The molecule has 5 heteroatoms. The Hall–Kier alpha value is -1.10. The van der Waals surface area contributed by atoms with Gasteiger partial charge in [-0.2, -0.15) is 0 Å². The summed E-state index contributed by atoms with van der Waals surface area (Å²) in [5.41, 5.74) is 0. The fourth-order valence-electron chi connectivity index (χ4n) is 3.12. The quantitative estimate of drug-likeness (QED) is 0.775. The van der Waals surface area contributed by atoms with Crippen molar-refractivity contribution < 1.29 is 14.3 Å². The molecule has 2 rings (SSSR count). The van der Waals surface area contributed by atoms with Crippen molar-refractivity contribution in [3.8, 4) is 0 Å². The topological polar surface area (TPSA) is 58.6 Å². The molecule has 1 amide bonds. The van der Waals surface area contributed by atoms with Gasteiger partial charge in [-0.1, -0.05) is 19.3 Å². The molecule has 1 saturated heterocycles. The van der Waals surface area contributed by atoms with Crippen molar-refractivity contribution in [2.75, 3.05) is 20.2 Å².